The molecule has 0 unspecified atom stereocenters. The summed E-state index contributed by atoms with van der Waals surface area (Å²) in [5.74, 6) is -0.0277. The van der Waals surface area contributed by atoms with Crippen LogP contribution in [0, 0.1) is 0 Å². The van der Waals surface area contributed by atoms with Crippen molar-refractivity contribution in [2.45, 2.75) is 26.4 Å². The molecule has 3 rings (SSSR count). The lowest BCUT2D eigenvalue weighted by Gasteiger charge is -2.26. The first-order chi connectivity index (χ1) is 12.2. The molecule has 132 valence electrons. The van der Waals surface area contributed by atoms with Crippen molar-refractivity contribution in [1.82, 2.24) is 10.2 Å². The molecule has 1 fully saturated rings. The van der Waals surface area contributed by atoms with Crippen molar-refractivity contribution >= 4 is 5.91 Å². The lowest BCUT2D eigenvalue weighted by Crippen LogP contribution is -2.35. The fourth-order valence-corrected chi connectivity index (χ4v) is 2.96. The lowest BCUT2D eigenvalue weighted by atomic mass is 10.1. The van der Waals surface area contributed by atoms with Gasteiger partial charge < -0.3 is 10.1 Å². The van der Waals surface area contributed by atoms with Crippen molar-refractivity contribution in [2.24, 2.45) is 0 Å². The summed E-state index contributed by atoms with van der Waals surface area (Å²) in [5.41, 5.74) is 4.37. The first-order valence-electron chi connectivity index (χ1n) is 8.99. The van der Waals surface area contributed by atoms with Crippen LogP contribution in [0.5, 0.6) is 0 Å². The van der Waals surface area contributed by atoms with E-state index in [4.69, 9.17) is 4.74 Å². The third-order valence-corrected chi connectivity index (χ3v) is 4.61. The molecule has 2 aromatic rings. The number of ether oxygens (including phenoxy) is 1. The van der Waals surface area contributed by atoms with Crippen LogP contribution in [0.4, 0.5) is 0 Å². The fourth-order valence-electron chi connectivity index (χ4n) is 2.96. The maximum atomic E-state index is 12.2. The molecule has 1 amide bonds. The van der Waals surface area contributed by atoms with Crippen molar-refractivity contribution in [1.29, 1.82) is 0 Å². The predicted molar refractivity (Wildman–Crippen MR) is 99.5 cm³/mol. The molecule has 1 N–H and O–H groups in total. The second kappa shape index (κ2) is 8.79. The van der Waals surface area contributed by atoms with Crippen LogP contribution in [0.1, 0.15) is 34.0 Å². The molecule has 1 saturated heterocycles. The van der Waals surface area contributed by atoms with Crippen LogP contribution in [0.2, 0.25) is 0 Å². The molecule has 1 aliphatic heterocycles. The molecule has 0 spiro atoms. The fraction of sp³-hybridized carbons (Fsp3) is 0.381. The Labute approximate surface area is 149 Å². The van der Waals surface area contributed by atoms with Gasteiger partial charge in [-0.3, -0.25) is 9.69 Å². The van der Waals surface area contributed by atoms with Crippen molar-refractivity contribution in [2.75, 3.05) is 26.3 Å². The number of nitrogens with zero attached hydrogens (tertiary/aromatic N) is 1. The van der Waals surface area contributed by atoms with Gasteiger partial charge >= 0.3 is 0 Å². The minimum atomic E-state index is -0.0277. The van der Waals surface area contributed by atoms with E-state index in [0.717, 1.165) is 44.8 Å². The van der Waals surface area contributed by atoms with E-state index < -0.39 is 0 Å². The van der Waals surface area contributed by atoms with Gasteiger partial charge in [0.15, 0.2) is 0 Å². The second-order valence-electron chi connectivity index (χ2n) is 6.44. The highest BCUT2D eigenvalue weighted by molar-refractivity contribution is 5.94. The van der Waals surface area contributed by atoms with E-state index in [9.17, 15) is 4.79 Å². The van der Waals surface area contributed by atoms with Crippen LogP contribution in [0.25, 0.3) is 0 Å². The summed E-state index contributed by atoms with van der Waals surface area (Å²) in [6.45, 7) is 7.25. The molecule has 1 heterocycles. The number of hydrogen-bond acceptors (Lipinski definition) is 3. The van der Waals surface area contributed by atoms with Crippen LogP contribution < -0.4 is 5.32 Å². The number of rotatable bonds is 6. The van der Waals surface area contributed by atoms with Gasteiger partial charge in [-0.25, -0.2) is 0 Å². The molecule has 4 heteroatoms. The second-order valence-corrected chi connectivity index (χ2v) is 6.44. The van der Waals surface area contributed by atoms with Gasteiger partial charge in [0.2, 0.25) is 0 Å². The predicted octanol–water partition coefficient (Wildman–Crippen LogP) is 3.01. The van der Waals surface area contributed by atoms with Gasteiger partial charge in [-0.05, 0) is 35.2 Å². The standard InChI is InChI=1S/C21H26N2O2/c1-2-17-7-9-20(10-8-17)21(24)22-15-18-3-5-19(6-4-18)16-23-11-13-25-14-12-23/h3-10H,2,11-16H2,1H3,(H,22,24). The Balaban J connectivity index is 1.49. The normalized spacial score (nSPS) is 15.1. The van der Waals surface area contributed by atoms with Crippen molar-refractivity contribution in [3.63, 3.8) is 0 Å². The minimum Gasteiger partial charge on any atom is -0.379 e. The Kier molecular flexibility index (Phi) is 6.20. The molecule has 4 nitrogen and oxygen atoms in total. The van der Waals surface area contributed by atoms with Gasteiger partial charge in [0.25, 0.3) is 5.91 Å². The van der Waals surface area contributed by atoms with Gasteiger partial charge in [0, 0.05) is 31.7 Å². The van der Waals surface area contributed by atoms with E-state index in [1.807, 2.05) is 24.3 Å². The van der Waals surface area contributed by atoms with Gasteiger partial charge in [-0.15, -0.1) is 0 Å². The zero-order valence-electron chi connectivity index (χ0n) is 14.8. The van der Waals surface area contributed by atoms with E-state index >= 15 is 0 Å². The Morgan fingerprint density at radius 1 is 0.960 bits per heavy atom. The highest BCUT2D eigenvalue weighted by Crippen LogP contribution is 2.10. The number of aryl methyl sites for hydroxylation is 1. The average Bonchev–Trinajstić information content (AvgIpc) is 2.68. The summed E-state index contributed by atoms with van der Waals surface area (Å²) >= 11 is 0. The van der Waals surface area contributed by atoms with Crippen LogP contribution in [-0.2, 0) is 24.2 Å². The number of carbonyl (C=O) groups is 1. The van der Waals surface area contributed by atoms with Crippen molar-refractivity contribution < 1.29 is 9.53 Å². The van der Waals surface area contributed by atoms with E-state index in [2.05, 4.69) is 41.4 Å². The number of amides is 1. The van der Waals surface area contributed by atoms with E-state index in [-0.39, 0.29) is 5.91 Å². The van der Waals surface area contributed by atoms with Gasteiger partial charge in [-0.2, -0.15) is 0 Å². The molecule has 0 bridgehead atoms. The monoisotopic (exact) mass is 338 g/mol. The largest absolute Gasteiger partial charge is 0.379 e. The van der Waals surface area contributed by atoms with Crippen LogP contribution in [0.15, 0.2) is 48.5 Å². The number of benzene rings is 2. The van der Waals surface area contributed by atoms with Crippen molar-refractivity contribution in [3.8, 4) is 0 Å². The number of nitrogens with one attached hydrogen (secondary N) is 1. The number of carbonyl (C=O) groups excluding carboxylic acids is 1. The molecule has 0 saturated carbocycles. The molecule has 1 aliphatic rings. The number of morpholine rings is 1. The first kappa shape index (κ1) is 17.6. The van der Waals surface area contributed by atoms with E-state index in [1.165, 1.54) is 11.1 Å². The zero-order valence-corrected chi connectivity index (χ0v) is 14.8. The topological polar surface area (TPSA) is 41.6 Å². The van der Waals surface area contributed by atoms with E-state index in [0.29, 0.717) is 12.1 Å². The molecular formula is C21H26N2O2. The summed E-state index contributed by atoms with van der Waals surface area (Å²) in [6, 6.07) is 16.3. The summed E-state index contributed by atoms with van der Waals surface area (Å²) < 4.78 is 5.38. The third-order valence-electron chi connectivity index (χ3n) is 4.61. The van der Waals surface area contributed by atoms with Crippen LogP contribution in [-0.4, -0.2) is 37.1 Å². The molecule has 0 atom stereocenters. The lowest BCUT2D eigenvalue weighted by molar-refractivity contribution is 0.0342. The van der Waals surface area contributed by atoms with E-state index in [1.54, 1.807) is 0 Å². The molecule has 0 aliphatic carbocycles. The van der Waals surface area contributed by atoms with Crippen LogP contribution >= 0.6 is 0 Å². The zero-order chi connectivity index (χ0) is 17.5. The molecular weight excluding hydrogens is 312 g/mol. The maximum absolute atomic E-state index is 12.2. The molecule has 2 aromatic carbocycles. The summed E-state index contributed by atoms with van der Waals surface area (Å²) in [4.78, 5) is 14.6. The summed E-state index contributed by atoms with van der Waals surface area (Å²) in [5, 5.41) is 2.99. The average molecular weight is 338 g/mol. The SMILES string of the molecule is CCc1ccc(C(=O)NCc2ccc(CN3CCOCC3)cc2)cc1. The highest BCUT2D eigenvalue weighted by Gasteiger charge is 2.10. The first-order valence-corrected chi connectivity index (χ1v) is 8.99. The molecule has 0 radical (unpaired) electrons. The van der Waals surface area contributed by atoms with Crippen molar-refractivity contribution in [3.05, 3.63) is 70.8 Å². The van der Waals surface area contributed by atoms with Gasteiger partial charge in [0.1, 0.15) is 0 Å². The molecule has 0 aromatic heterocycles. The minimum absolute atomic E-state index is 0.0277. The third kappa shape index (κ3) is 5.15. The highest BCUT2D eigenvalue weighted by atomic mass is 16.5. The Morgan fingerprint density at radius 2 is 1.56 bits per heavy atom. The maximum Gasteiger partial charge on any atom is 0.251 e. The number of hydrogen-bond donors (Lipinski definition) is 1. The van der Waals surface area contributed by atoms with Gasteiger partial charge in [0.05, 0.1) is 13.2 Å². The van der Waals surface area contributed by atoms with Gasteiger partial charge in [-0.1, -0.05) is 43.3 Å². The Bertz CT molecular complexity index is 674. The summed E-state index contributed by atoms with van der Waals surface area (Å²) in [7, 11) is 0. The summed E-state index contributed by atoms with van der Waals surface area (Å²) in [6.07, 6.45) is 0.985. The quantitative estimate of drug-likeness (QED) is 0.880. The molecule has 25 heavy (non-hydrogen) atoms. The smallest absolute Gasteiger partial charge is 0.251 e. The van der Waals surface area contributed by atoms with Crippen LogP contribution in [0.3, 0.4) is 0 Å². The Hall–Kier alpha value is -2.17. The Morgan fingerprint density at radius 3 is 2.20 bits per heavy atom.